The molecule has 1 aromatic heterocycles. The summed E-state index contributed by atoms with van der Waals surface area (Å²) in [6.07, 6.45) is 0. The van der Waals surface area contributed by atoms with Crippen LogP contribution in [0.2, 0.25) is 0 Å². The maximum Gasteiger partial charge on any atom is 0.325 e. The van der Waals surface area contributed by atoms with E-state index in [0.29, 0.717) is 20.9 Å². The standard InChI is InChI=1S/C19H27N5O2S2/c1-11(2)24(12(3)4)16(25)10-27-19-23-22-18(28-19)21-17(26)20-15-8-7-13(5)14(6)9-15/h7-9,11-12H,10H2,1-6H3,(H2,20,21,22,26). The molecule has 3 amide bonds. The highest BCUT2D eigenvalue weighted by Gasteiger charge is 2.20. The van der Waals surface area contributed by atoms with E-state index in [1.807, 2.05) is 64.6 Å². The highest BCUT2D eigenvalue weighted by Crippen LogP contribution is 2.26. The highest BCUT2D eigenvalue weighted by molar-refractivity contribution is 8.01. The lowest BCUT2D eigenvalue weighted by Crippen LogP contribution is -2.43. The number of benzene rings is 1. The lowest BCUT2D eigenvalue weighted by Gasteiger charge is -2.30. The number of nitrogens with one attached hydrogen (secondary N) is 2. The number of aryl methyl sites for hydroxylation is 2. The number of amides is 3. The van der Waals surface area contributed by atoms with Gasteiger partial charge in [0.2, 0.25) is 11.0 Å². The summed E-state index contributed by atoms with van der Waals surface area (Å²) >= 11 is 2.58. The molecule has 28 heavy (non-hydrogen) atoms. The number of aromatic nitrogens is 2. The van der Waals surface area contributed by atoms with Crippen LogP contribution >= 0.6 is 23.1 Å². The Kier molecular flexibility index (Phi) is 7.82. The van der Waals surface area contributed by atoms with Crippen molar-refractivity contribution in [2.45, 2.75) is 58.0 Å². The minimum Gasteiger partial charge on any atom is -0.337 e. The second kappa shape index (κ2) is 9.88. The Balaban J connectivity index is 1.88. The SMILES string of the molecule is Cc1ccc(NC(=O)Nc2nnc(SCC(=O)N(C(C)C)C(C)C)s2)cc1C. The third kappa shape index (κ3) is 6.20. The molecule has 0 atom stereocenters. The summed E-state index contributed by atoms with van der Waals surface area (Å²) in [6, 6.07) is 5.64. The Hall–Kier alpha value is -2.13. The lowest BCUT2D eigenvalue weighted by atomic mass is 10.1. The van der Waals surface area contributed by atoms with Crippen molar-refractivity contribution in [3.63, 3.8) is 0 Å². The van der Waals surface area contributed by atoms with Crippen LogP contribution in [0.15, 0.2) is 22.5 Å². The van der Waals surface area contributed by atoms with Crippen LogP contribution in [0, 0.1) is 13.8 Å². The average molecular weight is 422 g/mol. The molecule has 0 unspecified atom stereocenters. The summed E-state index contributed by atoms with van der Waals surface area (Å²) in [6.45, 7) is 12.0. The predicted molar refractivity (Wildman–Crippen MR) is 116 cm³/mol. The van der Waals surface area contributed by atoms with Gasteiger partial charge in [-0.05, 0) is 64.8 Å². The summed E-state index contributed by atoms with van der Waals surface area (Å²) in [5, 5.41) is 13.9. The molecule has 0 bridgehead atoms. The van der Waals surface area contributed by atoms with E-state index in [0.717, 1.165) is 5.56 Å². The van der Waals surface area contributed by atoms with E-state index in [1.165, 1.54) is 28.7 Å². The average Bonchev–Trinajstić information content (AvgIpc) is 3.03. The van der Waals surface area contributed by atoms with Crippen molar-refractivity contribution in [3.8, 4) is 0 Å². The van der Waals surface area contributed by atoms with Gasteiger partial charge >= 0.3 is 6.03 Å². The first-order valence-electron chi connectivity index (χ1n) is 9.10. The van der Waals surface area contributed by atoms with Crippen LogP contribution in [-0.4, -0.2) is 44.9 Å². The van der Waals surface area contributed by atoms with Gasteiger partial charge in [-0.1, -0.05) is 29.2 Å². The molecule has 2 aromatic rings. The Morgan fingerprint density at radius 3 is 2.36 bits per heavy atom. The molecule has 2 N–H and O–H groups in total. The maximum absolute atomic E-state index is 12.4. The number of hydrogen-bond acceptors (Lipinski definition) is 6. The Morgan fingerprint density at radius 1 is 1.07 bits per heavy atom. The first kappa shape index (κ1) is 22.2. The number of carbonyl (C=O) groups is 2. The van der Waals surface area contributed by atoms with Gasteiger partial charge in [0.1, 0.15) is 0 Å². The van der Waals surface area contributed by atoms with Crippen molar-refractivity contribution in [1.82, 2.24) is 15.1 Å². The molecule has 1 aromatic carbocycles. The molecule has 0 spiro atoms. The van der Waals surface area contributed by atoms with Crippen LogP contribution < -0.4 is 10.6 Å². The van der Waals surface area contributed by atoms with Gasteiger partial charge in [-0.3, -0.25) is 10.1 Å². The van der Waals surface area contributed by atoms with E-state index in [4.69, 9.17) is 0 Å². The van der Waals surface area contributed by atoms with Gasteiger partial charge in [0.25, 0.3) is 0 Å². The molecule has 0 aliphatic heterocycles. The third-order valence-electron chi connectivity index (χ3n) is 4.11. The molecule has 9 heteroatoms. The number of carbonyl (C=O) groups excluding carboxylic acids is 2. The first-order chi connectivity index (χ1) is 13.2. The Morgan fingerprint density at radius 2 is 1.75 bits per heavy atom. The van der Waals surface area contributed by atoms with Crippen molar-refractivity contribution in [1.29, 1.82) is 0 Å². The van der Waals surface area contributed by atoms with Crippen LogP contribution in [0.5, 0.6) is 0 Å². The second-order valence-corrected chi connectivity index (χ2v) is 9.23. The number of anilines is 2. The molecule has 0 aliphatic rings. The largest absolute Gasteiger partial charge is 0.337 e. The molecule has 0 radical (unpaired) electrons. The van der Waals surface area contributed by atoms with Crippen LogP contribution in [-0.2, 0) is 4.79 Å². The topological polar surface area (TPSA) is 87.2 Å². The number of nitrogens with zero attached hydrogens (tertiary/aromatic N) is 3. The van der Waals surface area contributed by atoms with E-state index in [9.17, 15) is 9.59 Å². The summed E-state index contributed by atoms with van der Waals surface area (Å²) in [4.78, 5) is 26.4. The van der Waals surface area contributed by atoms with Crippen LogP contribution in [0.1, 0.15) is 38.8 Å². The van der Waals surface area contributed by atoms with Crippen molar-refractivity contribution in [2.24, 2.45) is 0 Å². The minimum atomic E-state index is -0.377. The monoisotopic (exact) mass is 421 g/mol. The summed E-state index contributed by atoms with van der Waals surface area (Å²) in [5.41, 5.74) is 2.99. The normalized spacial score (nSPS) is 11.0. The zero-order valence-electron chi connectivity index (χ0n) is 17.1. The predicted octanol–water partition coefficient (Wildman–Crippen LogP) is 4.54. The molecular weight excluding hydrogens is 394 g/mol. The van der Waals surface area contributed by atoms with Crippen molar-refractivity contribution >= 4 is 45.9 Å². The van der Waals surface area contributed by atoms with Crippen LogP contribution in [0.3, 0.4) is 0 Å². The van der Waals surface area contributed by atoms with Gasteiger partial charge in [0, 0.05) is 17.8 Å². The Bertz CT molecular complexity index is 827. The van der Waals surface area contributed by atoms with E-state index in [-0.39, 0.29) is 24.0 Å². The van der Waals surface area contributed by atoms with Crippen LogP contribution in [0.25, 0.3) is 0 Å². The van der Waals surface area contributed by atoms with Gasteiger partial charge in [-0.25, -0.2) is 4.79 Å². The van der Waals surface area contributed by atoms with Crippen molar-refractivity contribution < 1.29 is 9.59 Å². The van der Waals surface area contributed by atoms with Crippen LogP contribution in [0.4, 0.5) is 15.6 Å². The zero-order chi connectivity index (χ0) is 20.8. The third-order valence-corrected chi connectivity index (χ3v) is 6.07. The number of rotatable bonds is 7. The van der Waals surface area contributed by atoms with Gasteiger partial charge in [-0.2, -0.15) is 0 Å². The van der Waals surface area contributed by atoms with Gasteiger partial charge in [-0.15, -0.1) is 10.2 Å². The van der Waals surface area contributed by atoms with E-state index in [2.05, 4.69) is 20.8 Å². The fraction of sp³-hybridized carbons (Fsp3) is 0.474. The van der Waals surface area contributed by atoms with Crippen molar-refractivity contribution in [2.75, 3.05) is 16.4 Å². The summed E-state index contributed by atoms with van der Waals surface area (Å²) in [5.74, 6) is 0.354. The Labute approximate surface area is 174 Å². The fourth-order valence-electron chi connectivity index (χ4n) is 2.77. The maximum atomic E-state index is 12.4. The van der Waals surface area contributed by atoms with E-state index < -0.39 is 0 Å². The minimum absolute atomic E-state index is 0.0622. The quantitative estimate of drug-likeness (QED) is 0.506. The van der Waals surface area contributed by atoms with E-state index in [1.54, 1.807) is 0 Å². The number of thioether (sulfide) groups is 1. The molecule has 0 aliphatic carbocycles. The molecule has 0 saturated carbocycles. The molecule has 2 rings (SSSR count). The number of hydrogen-bond donors (Lipinski definition) is 2. The molecule has 0 saturated heterocycles. The fourth-order valence-corrected chi connectivity index (χ4v) is 4.38. The first-order valence-corrected chi connectivity index (χ1v) is 10.9. The zero-order valence-corrected chi connectivity index (χ0v) is 18.7. The smallest absolute Gasteiger partial charge is 0.325 e. The van der Waals surface area contributed by atoms with E-state index >= 15 is 0 Å². The molecule has 1 heterocycles. The molecule has 0 fully saturated rings. The molecular formula is C19H27N5O2S2. The highest BCUT2D eigenvalue weighted by atomic mass is 32.2. The van der Waals surface area contributed by atoms with Crippen molar-refractivity contribution in [3.05, 3.63) is 29.3 Å². The summed E-state index contributed by atoms with van der Waals surface area (Å²) in [7, 11) is 0. The number of urea groups is 1. The molecule has 7 nitrogen and oxygen atoms in total. The van der Waals surface area contributed by atoms with Gasteiger partial charge in [0.05, 0.1) is 5.75 Å². The second-order valence-electron chi connectivity index (χ2n) is 7.03. The molecule has 152 valence electrons. The van der Waals surface area contributed by atoms with Gasteiger partial charge < -0.3 is 10.2 Å². The summed E-state index contributed by atoms with van der Waals surface area (Å²) < 4.78 is 0.641. The van der Waals surface area contributed by atoms with Gasteiger partial charge in [0.15, 0.2) is 4.34 Å². The lowest BCUT2D eigenvalue weighted by molar-refractivity contribution is -0.131.